The highest BCUT2D eigenvalue weighted by atomic mass is 16.7. The van der Waals surface area contributed by atoms with Gasteiger partial charge in [0, 0.05) is 11.1 Å². The van der Waals surface area contributed by atoms with Gasteiger partial charge in [-0.05, 0) is 31.0 Å². The number of rotatable bonds is 8. The van der Waals surface area contributed by atoms with Crippen molar-refractivity contribution in [2.24, 2.45) is 5.73 Å². The molecule has 4 nitrogen and oxygen atoms in total. The molecule has 1 aromatic rings. The number of ether oxygens (including phenoxy) is 2. The molecule has 0 radical (unpaired) electrons. The maximum atomic E-state index is 11.2. The molecule has 1 unspecified atom stereocenters. The largest absolute Gasteiger partial charge is 0.447 e. The Morgan fingerprint density at radius 2 is 1.92 bits per heavy atom. The molecule has 1 atom stereocenters. The number of hydrogen-bond donors (Lipinski definition) is 1. The Balaban J connectivity index is 2.11. The third-order valence-electron chi connectivity index (χ3n) is 3.35. The first kappa shape index (κ1) is 17.3. The summed E-state index contributed by atoms with van der Waals surface area (Å²) in [5.41, 5.74) is 6.60. The van der Waals surface area contributed by atoms with Gasteiger partial charge in [-0.1, -0.05) is 42.5 Å². The minimum atomic E-state index is -0.539. The lowest BCUT2D eigenvalue weighted by molar-refractivity contribution is 0.0819. The fourth-order valence-electron chi connectivity index (χ4n) is 2.16. The van der Waals surface area contributed by atoms with E-state index in [1.165, 1.54) is 0 Å². The van der Waals surface area contributed by atoms with Crippen LogP contribution in [0, 0.1) is 0 Å². The third-order valence-corrected chi connectivity index (χ3v) is 3.35. The number of fused-ring (bicyclic) bond motifs is 1. The Bertz CT molecular complexity index is 714. The van der Waals surface area contributed by atoms with Crippen LogP contribution < -0.4 is 15.2 Å². The molecule has 2 N–H and O–H groups in total. The molecule has 0 spiro atoms. The Kier molecular flexibility index (Phi) is 6.20. The van der Waals surface area contributed by atoms with Crippen molar-refractivity contribution >= 4 is 5.91 Å². The first-order chi connectivity index (χ1) is 11.7. The van der Waals surface area contributed by atoms with Gasteiger partial charge in [-0.2, -0.15) is 0 Å². The second-order valence-corrected chi connectivity index (χ2v) is 5.17. The molecule has 0 fully saturated rings. The Labute approximate surface area is 142 Å². The van der Waals surface area contributed by atoms with E-state index in [1.54, 1.807) is 24.3 Å². The summed E-state index contributed by atoms with van der Waals surface area (Å²) >= 11 is 0. The van der Waals surface area contributed by atoms with Crippen molar-refractivity contribution in [1.29, 1.82) is 0 Å². The summed E-state index contributed by atoms with van der Waals surface area (Å²) in [6, 6.07) is 4.90. The third kappa shape index (κ3) is 4.49. The lowest BCUT2D eigenvalue weighted by Crippen LogP contribution is -2.20. The van der Waals surface area contributed by atoms with Crippen LogP contribution in [0.4, 0.5) is 0 Å². The number of hydrogen-bond acceptors (Lipinski definition) is 3. The molecule has 1 aliphatic rings. The van der Waals surface area contributed by atoms with Crippen LogP contribution in [0.1, 0.15) is 23.2 Å². The van der Waals surface area contributed by atoms with Crippen LogP contribution in [0.3, 0.4) is 0 Å². The first-order valence-electron chi connectivity index (χ1n) is 7.67. The highest BCUT2D eigenvalue weighted by molar-refractivity contribution is 5.93. The smallest absolute Gasteiger partial charge is 0.264 e. The molecule has 0 aliphatic carbocycles. The molecule has 124 valence electrons. The minimum absolute atomic E-state index is 0.388. The second-order valence-electron chi connectivity index (χ2n) is 5.17. The highest BCUT2D eigenvalue weighted by Crippen LogP contribution is 2.37. The van der Waals surface area contributed by atoms with Gasteiger partial charge in [0.15, 0.2) is 11.5 Å². The van der Waals surface area contributed by atoms with E-state index in [1.807, 2.05) is 36.5 Å². The van der Waals surface area contributed by atoms with Crippen molar-refractivity contribution in [3.05, 3.63) is 85.0 Å². The van der Waals surface area contributed by atoms with Gasteiger partial charge >= 0.3 is 0 Å². The number of nitrogens with two attached hydrogens (primary N) is 1. The zero-order valence-electron chi connectivity index (χ0n) is 13.5. The van der Waals surface area contributed by atoms with Crippen molar-refractivity contribution in [3.8, 4) is 11.5 Å². The standard InChI is InChI=1S/C20H21NO3/c1-3-5-6-7-8-9-11-15(10-4-2)20-23-17-13-12-16(19(21)22)14-18(17)24-20/h3-4,6-9,11-14,20H,1-2,5,10H2,(H2,21,22). The number of carbonyl (C=O) groups excluding carboxylic acids is 1. The molecule has 0 saturated carbocycles. The highest BCUT2D eigenvalue weighted by Gasteiger charge is 2.27. The topological polar surface area (TPSA) is 61.5 Å². The number of benzene rings is 1. The number of amides is 1. The van der Waals surface area contributed by atoms with Crippen molar-refractivity contribution < 1.29 is 14.3 Å². The van der Waals surface area contributed by atoms with Crippen molar-refractivity contribution in [2.75, 3.05) is 0 Å². The molecule has 1 heterocycles. The summed E-state index contributed by atoms with van der Waals surface area (Å²) in [5, 5.41) is 0. The molecule has 1 aliphatic heterocycles. The van der Waals surface area contributed by atoms with Crippen molar-refractivity contribution in [1.82, 2.24) is 0 Å². The monoisotopic (exact) mass is 323 g/mol. The molecule has 24 heavy (non-hydrogen) atoms. The molecule has 4 heteroatoms. The average Bonchev–Trinajstić information content (AvgIpc) is 2.99. The lowest BCUT2D eigenvalue weighted by atomic mass is 10.1. The van der Waals surface area contributed by atoms with E-state index >= 15 is 0 Å². The molecule has 1 aromatic carbocycles. The zero-order valence-corrected chi connectivity index (χ0v) is 13.5. The summed E-state index contributed by atoms with van der Waals surface area (Å²) in [6.07, 6.45) is 14.3. The van der Waals surface area contributed by atoms with Gasteiger partial charge in [-0.25, -0.2) is 0 Å². The van der Waals surface area contributed by atoms with E-state index in [2.05, 4.69) is 13.2 Å². The van der Waals surface area contributed by atoms with Gasteiger partial charge in [0.05, 0.1) is 0 Å². The van der Waals surface area contributed by atoms with Crippen molar-refractivity contribution in [2.45, 2.75) is 19.1 Å². The van der Waals surface area contributed by atoms with E-state index in [0.29, 0.717) is 23.5 Å². The van der Waals surface area contributed by atoms with Gasteiger partial charge in [-0.3, -0.25) is 4.79 Å². The fraction of sp³-hybridized carbons (Fsp3) is 0.150. The average molecular weight is 323 g/mol. The van der Waals surface area contributed by atoms with Crippen LogP contribution in [-0.4, -0.2) is 12.2 Å². The number of primary amides is 1. The molecule has 2 rings (SSSR count). The van der Waals surface area contributed by atoms with Crippen LogP contribution in [0.2, 0.25) is 0 Å². The molecule has 0 bridgehead atoms. The van der Waals surface area contributed by atoms with Crippen LogP contribution >= 0.6 is 0 Å². The van der Waals surface area contributed by atoms with Gasteiger partial charge in [0.2, 0.25) is 5.91 Å². The van der Waals surface area contributed by atoms with Crippen molar-refractivity contribution in [3.63, 3.8) is 0 Å². The molecular formula is C20H21NO3. The van der Waals surface area contributed by atoms with E-state index in [-0.39, 0.29) is 0 Å². The van der Waals surface area contributed by atoms with Gasteiger partial charge in [-0.15, -0.1) is 13.2 Å². The fourth-order valence-corrected chi connectivity index (χ4v) is 2.16. The molecular weight excluding hydrogens is 302 g/mol. The Morgan fingerprint density at radius 1 is 1.12 bits per heavy atom. The predicted molar refractivity (Wildman–Crippen MR) is 96.0 cm³/mol. The second kappa shape index (κ2) is 8.58. The van der Waals surface area contributed by atoms with Crippen LogP contribution in [0.25, 0.3) is 0 Å². The SMILES string of the molecule is C=CCC=CC=CC=C(CC=C)C1Oc2ccc(C(N)=O)cc2O1. The summed E-state index contributed by atoms with van der Waals surface area (Å²) in [4.78, 5) is 11.2. The molecule has 0 aromatic heterocycles. The summed E-state index contributed by atoms with van der Waals surface area (Å²) in [5.74, 6) is 0.608. The zero-order chi connectivity index (χ0) is 17.4. The van der Waals surface area contributed by atoms with E-state index < -0.39 is 12.2 Å². The molecule has 0 saturated heterocycles. The normalized spacial score (nSPS) is 16.7. The quantitative estimate of drug-likeness (QED) is 0.579. The maximum Gasteiger partial charge on any atom is 0.264 e. The van der Waals surface area contributed by atoms with E-state index in [0.717, 1.165) is 12.0 Å². The number of carbonyl (C=O) groups is 1. The van der Waals surface area contributed by atoms with Gasteiger partial charge in [0.25, 0.3) is 6.29 Å². The van der Waals surface area contributed by atoms with Crippen LogP contribution in [0.15, 0.2) is 79.5 Å². The molecule has 1 amide bonds. The van der Waals surface area contributed by atoms with Crippen LogP contribution in [0.5, 0.6) is 11.5 Å². The Morgan fingerprint density at radius 3 is 2.62 bits per heavy atom. The van der Waals surface area contributed by atoms with Crippen LogP contribution in [-0.2, 0) is 0 Å². The summed E-state index contributed by atoms with van der Waals surface area (Å²) in [7, 11) is 0. The summed E-state index contributed by atoms with van der Waals surface area (Å²) < 4.78 is 11.6. The first-order valence-corrected chi connectivity index (χ1v) is 7.67. The minimum Gasteiger partial charge on any atom is -0.447 e. The Hall–Kier alpha value is -3.01. The lowest BCUT2D eigenvalue weighted by Gasteiger charge is -2.12. The van der Waals surface area contributed by atoms with E-state index in [9.17, 15) is 4.79 Å². The van der Waals surface area contributed by atoms with E-state index in [4.69, 9.17) is 15.2 Å². The number of allylic oxidation sites excluding steroid dienone is 7. The maximum absolute atomic E-state index is 11.2. The van der Waals surface area contributed by atoms with Gasteiger partial charge < -0.3 is 15.2 Å². The predicted octanol–water partition coefficient (Wildman–Crippen LogP) is 4.07. The van der Waals surface area contributed by atoms with Gasteiger partial charge in [0.1, 0.15) is 0 Å². The summed E-state index contributed by atoms with van der Waals surface area (Å²) in [6.45, 7) is 7.42.